The fourth-order valence-electron chi connectivity index (χ4n) is 2.71. The van der Waals surface area contributed by atoms with Crippen LogP contribution in [0.5, 0.6) is 17.2 Å². The van der Waals surface area contributed by atoms with E-state index < -0.39 is 0 Å². The van der Waals surface area contributed by atoms with Crippen molar-refractivity contribution in [3.63, 3.8) is 0 Å². The maximum atomic E-state index is 5.77. The number of aromatic nitrogens is 3. The number of hydrogen-bond acceptors (Lipinski definition) is 7. The fraction of sp³-hybridized carbons (Fsp3) is 0.250. The Kier molecular flexibility index (Phi) is 5.00. The Bertz CT molecular complexity index is 918. The van der Waals surface area contributed by atoms with Gasteiger partial charge in [0.1, 0.15) is 18.2 Å². The van der Waals surface area contributed by atoms with Crippen LogP contribution in [0.15, 0.2) is 48.8 Å². The molecule has 0 amide bonds. The molecule has 0 saturated heterocycles. The summed E-state index contributed by atoms with van der Waals surface area (Å²) >= 11 is 0. The van der Waals surface area contributed by atoms with Gasteiger partial charge in [0, 0.05) is 35.8 Å². The minimum absolute atomic E-state index is 0.258. The average Bonchev–Trinajstić information content (AvgIpc) is 3.19. The van der Waals surface area contributed by atoms with Gasteiger partial charge in [-0.25, -0.2) is 9.97 Å². The van der Waals surface area contributed by atoms with E-state index in [0.29, 0.717) is 24.7 Å². The van der Waals surface area contributed by atoms with E-state index in [4.69, 9.17) is 14.2 Å². The Balaban J connectivity index is 1.38. The predicted octanol–water partition coefficient (Wildman–Crippen LogP) is 3.32. The van der Waals surface area contributed by atoms with Crippen LogP contribution < -0.4 is 19.5 Å². The minimum Gasteiger partial charge on any atom is -0.492 e. The van der Waals surface area contributed by atoms with E-state index in [1.807, 2.05) is 36.4 Å². The lowest BCUT2D eigenvalue weighted by atomic mass is 10.2. The van der Waals surface area contributed by atoms with Crippen molar-refractivity contribution in [2.24, 2.45) is 0 Å². The van der Waals surface area contributed by atoms with Crippen molar-refractivity contribution >= 4 is 5.82 Å². The number of benzene rings is 1. The van der Waals surface area contributed by atoms with Crippen molar-refractivity contribution in [1.82, 2.24) is 15.0 Å². The van der Waals surface area contributed by atoms with Crippen LogP contribution in [0.4, 0.5) is 5.82 Å². The van der Waals surface area contributed by atoms with Gasteiger partial charge < -0.3 is 19.5 Å². The van der Waals surface area contributed by atoms with E-state index in [1.54, 1.807) is 12.4 Å². The topological polar surface area (TPSA) is 78.4 Å². The van der Waals surface area contributed by atoms with E-state index in [0.717, 1.165) is 35.0 Å². The molecule has 1 N–H and O–H groups in total. The molecule has 0 bridgehead atoms. The number of anilines is 1. The van der Waals surface area contributed by atoms with Crippen LogP contribution in [0.2, 0.25) is 0 Å². The van der Waals surface area contributed by atoms with Gasteiger partial charge in [0.2, 0.25) is 6.79 Å². The van der Waals surface area contributed by atoms with E-state index in [1.165, 1.54) is 0 Å². The Morgan fingerprint density at radius 3 is 2.74 bits per heavy atom. The van der Waals surface area contributed by atoms with Crippen LogP contribution in [-0.4, -0.2) is 34.9 Å². The van der Waals surface area contributed by atoms with Gasteiger partial charge in [0.25, 0.3) is 0 Å². The highest BCUT2D eigenvalue weighted by Crippen LogP contribution is 2.35. The Morgan fingerprint density at radius 1 is 1.04 bits per heavy atom. The third-order valence-electron chi connectivity index (χ3n) is 4.10. The normalized spacial score (nSPS) is 12.0. The minimum atomic E-state index is 0.258. The SMILES string of the molecule is CCc1cc(NCCOc2ccc3c(c2)OCO3)nc(-c2ccncc2)n1. The van der Waals surface area contributed by atoms with E-state index in [9.17, 15) is 0 Å². The molecule has 138 valence electrons. The van der Waals surface area contributed by atoms with Gasteiger partial charge in [-0.2, -0.15) is 0 Å². The van der Waals surface area contributed by atoms with E-state index in [2.05, 4.69) is 27.2 Å². The molecule has 0 fully saturated rings. The second-order valence-corrected chi connectivity index (χ2v) is 5.95. The molecule has 0 radical (unpaired) electrons. The molecule has 4 rings (SSSR count). The van der Waals surface area contributed by atoms with Gasteiger partial charge in [0.15, 0.2) is 17.3 Å². The second-order valence-electron chi connectivity index (χ2n) is 5.95. The Hall–Kier alpha value is -3.35. The zero-order valence-corrected chi connectivity index (χ0v) is 15.0. The maximum Gasteiger partial charge on any atom is 0.231 e. The van der Waals surface area contributed by atoms with Crippen molar-refractivity contribution in [1.29, 1.82) is 0 Å². The molecular weight excluding hydrogens is 344 g/mol. The molecule has 0 saturated carbocycles. The zero-order chi connectivity index (χ0) is 18.5. The third-order valence-corrected chi connectivity index (χ3v) is 4.10. The Morgan fingerprint density at radius 2 is 1.89 bits per heavy atom. The summed E-state index contributed by atoms with van der Waals surface area (Å²) in [5.74, 6) is 3.68. The van der Waals surface area contributed by atoms with Crippen molar-refractivity contribution in [2.75, 3.05) is 25.3 Å². The quantitative estimate of drug-likeness (QED) is 0.644. The van der Waals surface area contributed by atoms with Crippen molar-refractivity contribution in [3.8, 4) is 28.6 Å². The third kappa shape index (κ3) is 4.08. The second kappa shape index (κ2) is 7.90. The highest BCUT2D eigenvalue weighted by molar-refractivity contribution is 5.56. The lowest BCUT2D eigenvalue weighted by molar-refractivity contribution is 0.174. The molecule has 7 heteroatoms. The molecule has 0 spiro atoms. The average molecular weight is 364 g/mol. The molecule has 7 nitrogen and oxygen atoms in total. The molecule has 27 heavy (non-hydrogen) atoms. The summed E-state index contributed by atoms with van der Waals surface area (Å²) in [6.45, 7) is 3.44. The van der Waals surface area contributed by atoms with E-state index in [-0.39, 0.29) is 6.79 Å². The van der Waals surface area contributed by atoms with Crippen LogP contribution in [0, 0.1) is 0 Å². The highest BCUT2D eigenvalue weighted by atomic mass is 16.7. The lowest BCUT2D eigenvalue weighted by Crippen LogP contribution is -2.13. The first kappa shape index (κ1) is 17.1. The summed E-state index contributed by atoms with van der Waals surface area (Å²) in [7, 11) is 0. The number of rotatable bonds is 7. The number of ether oxygens (including phenoxy) is 3. The van der Waals surface area contributed by atoms with Crippen molar-refractivity contribution in [2.45, 2.75) is 13.3 Å². The molecule has 2 aromatic heterocycles. The van der Waals surface area contributed by atoms with Gasteiger partial charge in [-0.05, 0) is 30.7 Å². The molecule has 0 atom stereocenters. The summed E-state index contributed by atoms with van der Waals surface area (Å²) in [6.07, 6.45) is 4.32. The number of aryl methyl sites for hydroxylation is 1. The zero-order valence-electron chi connectivity index (χ0n) is 15.0. The summed E-state index contributed by atoms with van der Waals surface area (Å²) in [5.41, 5.74) is 1.93. The number of pyridine rings is 1. The van der Waals surface area contributed by atoms with Gasteiger partial charge in [0.05, 0.1) is 6.54 Å². The van der Waals surface area contributed by atoms with Gasteiger partial charge in [-0.1, -0.05) is 6.92 Å². The number of nitrogens with one attached hydrogen (secondary N) is 1. The van der Waals surface area contributed by atoms with Gasteiger partial charge >= 0.3 is 0 Å². The standard InChI is InChI=1S/C20H20N4O3/c1-2-15-11-19(24-20(23-15)14-5-7-21-8-6-14)22-9-10-25-16-3-4-17-18(12-16)27-13-26-17/h3-8,11-12H,2,9-10,13H2,1H3,(H,22,23,24). The number of hydrogen-bond donors (Lipinski definition) is 1. The number of fused-ring (bicyclic) bond motifs is 1. The molecule has 1 aliphatic heterocycles. The van der Waals surface area contributed by atoms with Crippen LogP contribution >= 0.6 is 0 Å². The summed E-state index contributed by atoms with van der Waals surface area (Å²) in [5, 5.41) is 3.30. The van der Waals surface area contributed by atoms with E-state index >= 15 is 0 Å². The maximum absolute atomic E-state index is 5.77. The molecule has 0 unspecified atom stereocenters. The fourth-order valence-corrected chi connectivity index (χ4v) is 2.71. The smallest absolute Gasteiger partial charge is 0.231 e. The number of nitrogens with zero attached hydrogens (tertiary/aromatic N) is 3. The summed E-state index contributed by atoms with van der Waals surface area (Å²) in [4.78, 5) is 13.2. The van der Waals surface area contributed by atoms with Crippen LogP contribution in [0.1, 0.15) is 12.6 Å². The van der Waals surface area contributed by atoms with Crippen LogP contribution in [0.3, 0.4) is 0 Å². The molecular formula is C20H20N4O3. The molecule has 1 aliphatic rings. The first-order valence-corrected chi connectivity index (χ1v) is 8.86. The first-order valence-electron chi connectivity index (χ1n) is 8.86. The van der Waals surface area contributed by atoms with Crippen LogP contribution in [-0.2, 0) is 6.42 Å². The molecule has 0 aliphatic carbocycles. The van der Waals surface area contributed by atoms with Gasteiger partial charge in [-0.15, -0.1) is 0 Å². The predicted molar refractivity (Wildman–Crippen MR) is 101 cm³/mol. The lowest BCUT2D eigenvalue weighted by Gasteiger charge is -2.11. The van der Waals surface area contributed by atoms with Crippen LogP contribution in [0.25, 0.3) is 11.4 Å². The summed E-state index contributed by atoms with van der Waals surface area (Å²) in [6, 6.07) is 11.3. The molecule has 3 heterocycles. The summed E-state index contributed by atoms with van der Waals surface area (Å²) < 4.78 is 16.4. The first-order chi connectivity index (χ1) is 13.3. The van der Waals surface area contributed by atoms with Crippen molar-refractivity contribution < 1.29 is 14.2 Å². The largest absolute Gasteiger partial charge is 0.492 e. The monoisotopic (exact) mass is 364 g/mol. The molecule has 3 aromatic rings. The Labute approximate surface area is 157 Å². The highest BCUT2D eigenvalue weighted by Gasteiger charge is 2.13. The van der Waals surface area contributed by atoms with Crippen molar-refractivity contribution in [3.05, 3.63) is 54.5 Å². The van der Waals surface area contributed by atoms with Gasteiger partial charge in [-0.3, -0.25) is 4.98 Å². The molecule has 1 aromatic carbocycles.